The lowest BCUT2D eigenvalue weighted by atomic mass is 10.2. The number of methoxy groups -OCH3 is 1. The van der Waals surface area contributed by atoms with E-state index < -0.39 is 0 Å². The maximum atomic E-state index is 12.1. The molecule has 0 aliphatic heterocycles. The molecule has 0 unspecified atom stereocenters. The molecule has 0 aliphatic carbocycles. The number of rotatable bonds is 6. The van der Waals surface area contributed by atoms with Crippen LogP contribution in [0.25, 0.3) is 22.6 Å². The van der Waals surface area contributed by atoms with Gasteiger partial charge in [-0.1, -0.05) is 42.1 Å². The van der Waals surface area contributed by atoms with Crippen LogP contribution in [0.5, 0.6) is 5.75 Å². The average Bonchev–Trinajstić information content (AvgIpc) is 3.30. The number of ether oxygens (including phenoxy) is 1. The average molecular weight is 395 g/mol. The van der Waals surface area contributed by atoms with Crippen molar-refractivity contribution in [3.8, 4) is 17.3 Å². The van der Waals surface area contributed by atoms with Crippen LogP contribution in [0.15, 0.2) is 64.2 Å². The number of nitrogen functional groups attached to an aromatic ring is 1. The fraction of sp³-hybridized carbons (Fsp3) is 0.105. The molecule has 1 amide bonds. The number of nitrogens with one attached hydrogen (secondary N) is 1. The number of hydrogen-bond acceptors (Lipinski definition) is 7. The first kappa shape index (κ1) is 17.9. The van der Waals surface area contributed by atoms with Gasteiger partial charge in [0.15, 0.2) is 17.1 Å². The Kier molecular flexibility index (Phi) is 4.90. The van der Waals surface area contributed by atoms with Gasteiger partial charge in [0.2, 0.25) is 16.9 Å². The number of carbonyl (C=O) groups excluding carboxylic acids is 1. The fourth-order valence-corrected chi connectivity index (χ4v) is 3.36. The monoisotopic (exact) mass is 395 g/mol. The highest BCUT2D eigenvalue weighted by molar-refractivity contribution is 7.99. The number of benzene rings is 2. The molecule has 0 fully saturated rings. The highest BCUT2D eigenvalue weighted by Crippen LogP contribution is 2.33. The Morgan fingerprint density at radius 1 is 1.21 bits per heavy atom. The van der Waals surface area contributed by atoms with E-state index in [0.29, 0.717) is 28.1 Å². The Morgan fingerprint density at radius 3 is 2.82 bits per heavy atom. The molecule has 0 spiro atoms. The largest absolute Gasteiger partial charge is 0.493 e. The smallest absolute Gasteiger partial charge is 0.234 e. The third-order valence-electron chi connectivity index (χ3n) is 4.00. The molecule has 0 saturated heterocycles. The van der Waals surface area contributed by atoms with Crippen molar-refractivity contribution in [1.82, 2.24) is 14.9 Å². The van der Waals surface area contributed by atoms with Crippen molar-refractivity contribution in [3.05, 3.63) is 54.6 Å². The van der Waals surface area contributed by atoms with Gasteiger partial charge in [0, 0.05) is 11.1 Å². The molecular formula is C19H17N5O3S. The maximum Gasteiger partial charge on any atom is 0.234 e. The molecule has 0 radical (unpaired) electrons. The van der Waals surface area contributed by atoms with Gasteiger partial charge in [-0.3, -0.25) is 4.79 Å². The molecule has 8 nitrogen and oxygen atoms in total. The number of nitrogens with two attached hydrogens (primary N) is 1. The lowest BCUT2D eigenvalue weighted by Crippen LogP contribution is -2.16. The number of anilines is 1. The van der Waals surface area contributed by atoms with E-state index in [0.717, 1.165) is 11.1 Å². The molecule has 0 atom stereocenters. The zero-order valence-corrected chi connectivity index (χ0v) is 15.8. The summed E-state index contributed by atoms with van der Waals surface area (Å²) in [7, 11) is 1.58. The Balaban J connectivity index is 1.49. The summed E-state index contributed by atoms with van der Waals surface area (Å²) in [5, 5.41) is 12.3. The van der Waals surface area contributed by atoms with E-state index in [1.54, 1.807) is 7.11 Å². The van der Waals surface area contributed by atoms with Gasteiger partial charge >= 0.3 is 0 Å². The molecule has 0 aliphatic rings. The molecule has 2 aromatic heterocycles. The molecule has 28 heavy (non-hydrogen) atoms. The summed E-state index contributed by atoms with van der Waals surface area (Å²) in [4.78, 5) is 12.1. The van der Waals surface area contributed by atoms with E-state index in [4.69, 9.17) is 15.0 Å². The van der Waals surface area contributed by atoms with Gasteiger partial charge in [-0.15, -0.1) is 10.2 Å². The molecule has 2 aromatic carbocycles. The third-order valence-corrected chi connectivity index (χ3v) is 4.95. The lowest BCUT2D eigenvalue weighted by Gasteiger charge is -2.04. The Morgan fingerprint density at radius 2 is 2.04 bits per heavy atom. The van der Waals surface area contributed by atoms with Gasteiger partial charge in [0.25, 0.3) is 0 Å². The van der Waals surface area contributed by atoms with Gasteiger partial charge in [0.1, 0.15) is 0 Å². The van der Waals surface area contributed by atoms with Crippen LogP contribution in [0, 0.1) is 0 Å². The molecule has 4 aromatic rings. The molecule has 9 heteroatoms. The van der Waals surface area contributed by atoms with Gasteiger partial charge in [-0.05, 0) is 24.3 Å². The van der Waals surface area contributed by atoms with Gasteiger partial charge in [0.05, 0.1) is 12.9 Å². The van der Waals surface area contributed by atoms with Crippen molar-refractivity contribution in [2.75, 3.05) is 24.0 Å². The molecule has 142 valence electrons. The van der Waals surface area contributed by atoms with Crippen LogP contribution in [0.4, 0.5) is 5.69 Å². The van der Waals surface area contributed by atoms with E-state index in [2.05, 4.69) is 15.5 Å². The van der Waals surface area contributed by atoms with Crippen LogP contribution in [0.3, 0.4) is 0 Å². The number of carbonyl (C=O) groups is 1. The number of para-hydroxylation sites is 2. The molecule has 4 rings (SSSR count). The molecular weight excluding hydrogens is 378 g/mol. The number of hydrogen-bond donors (Lipinski definition) is 2. The molecule has 0 saturated carbocycles. The number of amides is 1. The lowest BCUT2D eigenvalue weighted by molar-refractivity contribution is -0.113. The van der Waals surface area contributed by atoms with Gasteiger partial charge in [-0.2, -0.15) is 0 Å². The number of furan rings is 1. The van der Waals surface area contributed by atoms with E-state index in [-0.39, 0.29) is 11.7 Å². The van der Waals surface area contributed by atoms with Gasteiger partial charge < -0.3 is 20.3 Å². The summed E-state index contributed by atoms with van der Waals surface area (Å²) < 4.78 is 12.5. The van der Waals surface area contributed by atoms with Crippen LogP contribution >= 0.6 is 11.8 Å². The van der Waals surface area contributed by atoms with Crippen LogP contribution < -0.4 is 15.9 Å². The van der Waals surface area contributed by atoms with Crippen LogP contribution in [0.2, 0.25) is 0 Å². The summed E-state index contributed by atoms with van der Waals surface area (Å²) >= 11 is 1.19. The minimum atomic E-state index is -0.158. The molecule has 3 N–H and O–H groups in total. The third kappa shape index (κ3) is 3.52. The standard InChI is InChI=1S/C19H17N5O3S/c1-26-14-9-5-6-12-10-15(27-17(12)14)18-22-23-19(24(18)20)28-11-16(25)21-13-7-3-2-4-8-13/h2-10H,11,20H2,1H3,(H,21,25). The summed E-state index contributed by atoms with van der Waals surface area (Å²) in [6, 6.07) is 16.7. The summed E-state index contributed by atoms with van der Waals surface area (Å²) in [5.41, 5.74) is 1.35. The number of nitrogens with zero attached hydrogens (tertiary/aromatic N) is 3. The first-order valence-corrected chi connectivity index (χ1v) is 9.39. The second-order valence-electron chi connectivity index (χ2n) is 5.87. The zero-order valence-electron chi connectivity index (χ0n) is 15.0. The Hall–Kier alpha value is -3.46. The summed E-state index contributed by atoms with van der Waals surface area (Å²) in [6.07, 6.45) is 0. The minimum Gasteiger partial charge on any atom is -0.493 e. The van der Waals surface area contributed by atoms with E-state index in [9.17, 15) is 4.79 Å². The van der Waals surface area contributed by atoms with Crippen molar-refractivity contribution >= 4 is 34.3 Å². The Bertz CT molecular complexity index is 1120. The van der Waals surface area contributed by atoms with Crippen LogP contribution in [-0.4, -0.2) is 33.6 Å². The van der Waals surface area contributed by atoms with Crippen LogP contribution in [-0.2, 0) is 4.79 Å². The van der Waals surface area contributed by atoms with Crippen molar-refractivity contribution in [2.45, 2.75) is 5.16 Å². The van der Waals surface area contributed by atoms with E-state index in [1.807, 2.05) is 54.6 Å². The fourth-order valence-electron chi connectivity index (χ4n) is 2.70. The van der Waals surface area contributed by atoms with Crippen molar-refractivity contribution < 1.29 is 13.9 Å². The van der Waals surface area contributed by atoms with Gasteiger partial charge in [-0.25, -0.2) is 4.68 Å². The first-order valence-electron chi connectivity index (χ1n) is 8.41. The number of thioether (sulfide) groups is 1. The van der Waals surface area contributed by atoms with E-state index >= 15 is 0 Å². The normalized spacial score (nSPS) is 10.9. The van der Waals surface area contributed by atoms with Crippen molar-refractivity contribution in [2.24, 2.45) is 0 Å². The van der Waals surface area contributed by atoms with Crippen molar-refractivity contribution in [1.29, 1.82) is 0 Å². The summed E-state index contributed by atoms with van der Waals surface area (Å²) in [5.74, 6) is 7.56. The molecule has 2 heterocycles. The highest BCUT2D eigenvalue weighted by atomic mass is 32.2. The van der Waals surface area contributed by atoms with Crippen LogP contribution in [0.1, 0.15) is 0 Å². The predicted molar refractivity (Wildman–Crippen MR) is 108 cm³/mol. The highest BCUT2D eigenvalue weighted by Gasteiger charge is 2.18. The first-order chi connectivity index (χ1) is 13.7. The predicted octanol–water partition coefficient (Wildman–Crippen LogP) is 3.14. The van der Waals surface area contributed by atoms with E-state index in [1.165, 1.54) is 16.4 Å². The molecule has 0 bridgehead atoms. The minimum absolute atomic E-state index is 0.151. The second-order valence-corrected chi connectivity index (χ2v) is 6.81. The van der Waals surface area contributed by atoms with Crippen molar-refractivity contribution in [3.63, 3.8) is 0 Å². The number of aromatic nitrogens is 3. The second kappa shape index (κ2) is 7.65. The maximum absolute atomic E-state index is 12.1. The topological polar surface area (TPSA) is 108 Å². The quantitative estimate of drug-likeness (QED) is 0.381. The summed E-state index contributed by atoms with van der Waals surface area (Å²) in [6.45, 7) is 0. The number of fused-ring (bicyclic) bond motifs is 1. The SMILES string of the molecule is COc1cccc2cc(-c3nnc(SCC(=O)Nc4ccccc4)n3N)oc12. The zero-order chi connectivity index (χ0) is 19.5. The Labute approximate surface area is 164 Å².